The van der Waals surface area contributed by atoms with Gasteiger partial charge in [-0.15, -0.1) is 0 Å². The Morgan fingerprint density at radius 1 is 1.42 bits per heavy atom. The summed E-state index contributed by atoms with van der Waals surface area (Å²) in [5, 5.41) is 6.45. The first kappa shape index (κ1) is 14.5. The molecule has 1 aromatic rings. The fourth-order valence-corrected chi connectivity index (χ4v) is 2.85. The zero-order valence-corrected chi connectivity index (χ0v) is 13.1. The first-order valence-electron chi connectivity index (χ1n) is 6.78. The highest BCUT2D eigenvalue weighted by molar-refractivity contribution is 9.10. The molecule has 1 saturated heterocycles. The van der Waals surface area contributed by atoms with Crippen LogP contribution in [0.5, 0.6) is 0 Å². The van der Waals surface area contributed by atoms with Crippen molar-refractivity contribution in [3.63, 3.8) is 0 Å². The summed E-state index contributed by atoms with van der Waals surface area (Å²) < 4.78 is 1.04. The van der Waals surface area contributed by atoms with Gasteiger partial charge in [-0.05, 0) is 50.6 Å². The van der Waals surface area contributed by atoms with Crippen LogP contribution in [0.25, 0.3) is 0 Å². The summed E-state index contributed by atoms with van der Waals surface area (Å²) in [7, 11) is 0. The maximum atomic E-state index is 12.4. The van der Waals surface area contributed by atoms with Gasteiger partial charge in [0, 0.05) is 9.89 Å². The Hall–Kier alpha value is -0.870. The van der Waals surface area contributed by atoms with Crippen molar-refractivity contribution in [2.75, 3.05) is 13.1 Å². The van der Waals surface area contributed by atoms with Crippen LogP contribution in [0, 0.1) is 5.41 Å². The van der Waals surface area contributed by atoms with E-state index >= 15 is 0 Å². The molecule has 1 heterocycles. The molecule has 0 aliphatic carbocycles. The average Bonchev–Trinajstić information content (AvgIpc) is 2.39. The Bertz CT molecular complexity index is 455. The quantitative estimate of drug-likeness (QED) is 0.897. The number of nitrogens with one attached hydrogen (secondary N) is 2. The van der Waals surface area contributed by atoms with Gasteiger partial charge in [-0.1, -0.05) is 35.0 Å². The van der Waals surface area contributed by atoms with Gasteiger partial charge in [-0.2, -0.15) is 0 Å². The molecule has 1 aliphatic heterocycles. The second-order valence-electron chi connectivity index (χ2n) is 5.56. The van der Waals surface area contributed by atoms with Crippen LogP contribution in [0.2, 0.25) is 0 Å². The second kappa shape index (κ2) is 6.06. The molecule has 1 aliphatic rings. The van der Waals surface area contributed by atoms with Gasteiger partial charge >= 0.3 is 0 Å². The van der Waals surface area contributed by atoms with E-state index in [9.17, 15) is 4.79 Å². The van der Waals surface area contributed by atoms with Gasteiger partial charge in [0.2, 0.25) is 5.91 Å². The van der Waals surface area contributed by atoms with Gasteiger partial charge in [0.25, 0.3) is 0 Å². The lowest BCUT2D eigenvalue weighted by atomic mass is 9.80. The highest BCUT2D eigenvalue weighted by Crippen LogP contribution is 2.29. The van der Waals surface area contributed by atoms with E-state index in [-0.39, 0.29) is 17.4 Å². The van der Waals surface area contributed by atoms with Crippen LogP contribution in [-0.2, 0) is 4.79 Å². The SMILES string of the molecule is CC(NC(=O)C1(C)CCNCC1)c1cccc(Br)c1. The number of carbonyl (C=O) groups is 1. The van der Waals surface area contributed by atoms with Gasteiger partial charge < -0.3 is 10.6 Å². The van der Waals surface area contributed by atoms with Gasteiger partial charge in [0.15, 0.2) is 0 Å². The van der Waals surface area contributed by atoms with E-state index in [2.05, 4.69) is 39.6 Å². The smallest absolute Gasteiger partial charge is 0.226 e. The predicted molar refractivity (Wildman–Crippen MR) is 80.9 cm³/mol. The lowest BCUT2D eigenvalue weighted by Gasteiger charge is -2.33. The minimum absolute atomic E-state index is 0.0386. The van der Waals surface area contributed by atoms with Gasteiger partial charge in [-0.25, -0.2) is 0 Å². The largest absolute Gasteiger partial charge is 0.349 e. The van der Waals surface area contributed by atoms with Crippen molar-refractivity contribution in [2.45, 2.75) is 32.7 Å². The molecule has 19 heavy (non-hydrogen) atoms. The number of halogens is 1. The summed E-state index contributed by atoms with van der Waals surface area (Å²) in [6.45, 7) is 5.95. The lowest BCUT2D eigenvalue weighted by Crippen LogP contribution is -2.46. The molecule has 1 amide bonds. The van der Waals surface area contributed by atoms with Crippen molar-refractivity contribution in [3.8, 4) is 0 Å². The zero-order valence-electron chi connectivity index (χ0n) is 11.5. The molecule has 1 fully saturated rings. The van der Waals surface area contributed by atoms with Crippen molar-refractivity contribution in [1.29, 1.82) is 0 Å². The molecule has 0 saturated carbocycles. The first-order chi connectivity index (χ1) is 9.01. The normalized spacial score (nSPS) is 19.7. The molecule has 2 N–H and O–H groups in total. The lowest BCUT2D eigenvalue weighted by molar-refractivity contribution is -0.132. The highest BCUT2D eigenvalue weighted by atomic mass is 79.9. The van der Waals surface area contributed by atoms with E-state index in [0.29, 0.717) is 0 Å². The Labute approximate surface area is 123 Å². The zero-order chi connectivity index (χ0) is 13.9. The summed E-state index contributed by atoms with van der Waals surface area (Å²) in [5.41, 5.74) is 0.895. The number of piperidine rings is 1. The van der Waals surface area contributed by atoms with E-state index in [4.69, 9.17) is 0 Å². The summed E-state index contributed by atoms with van der Waals surface area (Å²) >= 11 is 3.46. The maximum Gasteiger partial charge on any atom is 0.226 e. The van der Waals surface area contributed by atoms with Crippen molar-refractivity contribution in [2.24, 2.45) is 5.41 Å². The van der Waals surface area contributed by atoms with E-state index in [1.54, 1.807) is 0 Å². The van der Waals surface area contributed by atoms with Crippen LogP contribution in [0.4, 0.5) is 0 Å². The molecule has 1 unspecified atom stereocenters. The number of hydrogen-bond acceptors (Lipinski definition) is 2. The topological polar surface area (TPSA) is 41.1 Å². The van der Waals surface area contributed by atoms with E-state index in [1.807, 2.05) is 25.1 Å². The van der Waals surface area contributed by atoms with Crippen LogP contribution in [0.15, 0.2) is 28.7 Å². The number of hydrogen-bond donors (Lipinski definition) is 2. The molecule has 0 bridgehead atoms. The Morgan fingerprint density at radius 3 is 2.74 bits per heavy atom. The third-order valence-electron chi connectivity index (χ3n) is 3.95. The molecule has 3 nitrogen and oxygen atoms in total. The monoisotopic (exact) mass is 324 g/mol. The third kappa shape index (κ3) is 3.57. The summed E-state index contributed by atoms with van der Waals surface area (Å²) in [6, 6.07) is 8.12. The molecule has 104 valence electrons. The first-order valence-corrected chi connectivity index (χ1v) is 7.58. The fourth-order valence-electron chi connectivity index (χ4n) is 2.44. The molecule has 1 atom stereocenters. The minimum atomic E-state index is -0.231. The van der Waals surface area contributed by atoms with Crippen LogP contribution in [0.1, 0.15) is 38.3 Å². The van der Waals surface area contributed by atoms with Crippen molar-refractivity contribution >= 4 is 21.8 Å². The van der Waals surface area contributed by atoms with E-state index < -0.39 is 0 Å². The van der Waals surface area contributed by atoms with Crippen molar-refractivity contribution < 1.29 is 4.79 Å². The molecule has 0 aromatic heterocycles. The molecule has 2 rings (SSSR count). The number of benzene rings is 1. The van der Waals surface area contributed by atoms with E-state index in [1.165, 1.54) is 0 Å². The van der Waals surface area contributed by atoms with Crippen LogP contribution in [0.3, 0.4) is 0 Å². The summed E-state index contributed by atoms with van der Waals surface area (Å²) in [5.74, 6) is 0.168. The van der Waals surface area contributed by atoms with Crippen LogP contribution < -0.4 is 10.6 Å². The van der Waals surface area contributed by atoms with Crippen molar-refractivity contribution in [1.82, 2.24) is 10.6 Å². The molecule has 1 aromatic carbocycles. The molecule has 0 spiro atoms. The van der Waals surface area contributed by atoms with Gasteiger partial charge in [0.05, 0.1) is 6.04 Å². The van der Waals surface area contributed by atoms with Crippen molar-refractivity contribution in [3.05, 3.63) is 34.3 Å². The Morgan fingerprint density at radius 2 is 2.11 bits per heavy atom. The van der Waals surface area contributed by atoms with Crippen LogP contribution in [-0.4, -0.2) is 19.0 Å². The molecular formula is C15H21BrN2O. The maximum absolute atomic E-state index is 12.4. The Balaban J connectivity index is 2.02. The summed E-state index contributed by atoms with van der Waals surface area (Å²) in [6.07, 6.45) is 1.81. The average molecular weight is 325 g/mol. The second-order valence-corrected chi connectivity index (χ2v) is 6.48. The standard InChI is InChI=1S/C15H21BrN2O/c1-11(12-4-3-5-13(16)10-12)18-14(19)15(2)6-8-17-9-7-15/h3-5,10-11,17H,6-9H2,1-2H3,(H,18,19). The highest BCUT2D eigenvalue weighted by Gasteiger charge is 2.35. The number of carbonyl (C=O) groups excluding carboxylic acids is 1. The van der Waals surface area contributed by atoms with Crippen LogP contribution >= 0.6 is 15.9 Å². The third-order valence-corrected chi connectivity index (χ3v) is 4.44. The van der Waals surface area contributed by atoms with Gasteiger partial charge in [0.1, 0.15) is 0 Å². The molecule has 4 heteroatoms. The molecule has 0 radical (unpaired) electrons. The van der Waals surface area contributed by atoms with E-state index in [0.717, 1.165) is 36.0 Å². The Kier molecular flexibility index (Phi) is 4.63. The van der Waals surface area contributed by atoms with Gasteiger partial charge in [-0.3, -0.25) is 4.79 Å². The summed E-state index contributed by atoms with van der Waals surface area (Å²) in [4.78, 5) is 12.4. The minimum Gasteiger partial charge on any atom is -0.349 e. The fraction of sp³-hybridized carbons (Fsp3) is 0.533. The molecular weight excluding hydrogens is 304 g/mol. The number of amides is 1. The number of rotatable bonds is 3. The predicted octanol–water partition coefficient (Wildman–Crippen LogP) is 3.02.